The van der Waals surface area contributed by atoms with Crippen LogP contribution < -0.4 is 10.1 Å². The van der Waals surface area contributed by atoms with Gasteiger partial charge >= 0.3 is 0 Å². The minimum absolute atomic E-state index is 0.443. The molecule has 1 aromatic carbocycles. The number of hydrogen-bond acceptors (Lipinski definition) is 3. The van der Waals surface area contributed by atoms with Gasteiger partial charge in [-0.15, -0.1) is 0 Å². The third-order valence-corrected chi connectivity index (χ3v) is 4.38. The Labute approximate surface area is 128 Å². The summed E-state index contributed by atoms with van der Waals surface area (Å²) < 4.78 is 5.23. The van der Waals surface area contributed by atoms with Crippen LogP contribution in [0, 0.1) is 5.92 Å². The van der Waals surface area contributed by atoms with E-state index in [0.717, 1.165) is 24.0 Å². The van der Waals surface area contributed by atoms with Gasteiger partial charge in [0.15, 0.2) is 0 Å². The molecule has 0 fully saturated rings. The maximum atomic E-state index is 5.23. The number of thioether (sulfide) groups is 1. The lowest BCUT2D eigenvalue weighted by atomic mass is 10.1. The summed E-state index contributed by atoms with van der Waals surface area (Å²) in [5.41, 5.74) is 1.36. The van der Waals surface area contributed by atoms with E-state index >= 15 is 0 Å². The molecule has 0 aliphatic heterocycles. The molecule has 0 aromatic heterocycles. The van der Waals surface area contributed by atoms with E-state index < -0.39 is 0 Å². The Kier molecular flexibility index (Phi) is 8.79. The van der Waals surface area contributed by atoms with Crippen molar-refractivity contribution in [3.05, 3.63) is 29.8 Å². The van der Waals surface area contributed by atoms with Crippen molar-refractivity contribution >= 4 is 11.8 Å². The van der Waals surface area contributed by atoms with Crippen molar-refractivity contribution < 1.29 is 4.74 Å². The van der Waals surface area contributed by atoms with E-state index in [4.69, 9.17) is 4.74 Å². The predicted molar refractivity (Wildman–Crippen MR) is 90.8 cm³/mol. The third kappa shape index (κ3) is 6.67. The fourth-order valence-corrected chi connectivity index (χ4v) is 3.30. The lowest BCUT2D eigenvalue weighted by Crippen LogP contribution is -2.24. The lowest BCUT2D eigenvalue weighted by Gasteiger charge is -2.19. The van der Waals surface area contributed by atoms with E-state index in [9.17, 15) is 0 Å². The van der Waals surface area contributed by atoms with Crippen LogP contribution in [0.25, 0.3) is 0 Å². The second-order valence-corrected chi connectivity index (χ2v) is 6.69. The Morgan fingerprint density at radius 2 is 1.90 bits per heavy atom. The van der Waals surface area contributed by atoms with Crippen LogP contribution in [0.2, 0.25) is 0 Å². The van der Waals surface area contributed by atoms with Crippen molar-refractivity contribution in [1.29, 1.82) is 0 Å². The molecule has 0 aliphatic rings. The molecule has 0 bridgehead atoms. The minimum Gasteiger partial charge on any atom is -0.497 e. The van der Waals surface area contributed by atoms with Crippen LogP contribution in [0.15, 0.2) is 24.3 Å². The van der Waals surface area contributed by atoms with Gasteiger partial charge in [-0.05, 0) is 48.8 Å². The molecule has 1 rings (SSSR count). The molecule has 0 amide bonds. The van der Waals surface area contributed by atoms with Crippen LogP contribution >= 0.6 is 11.8 Å². The lowest BCUT2D eigenvalue weighted by molar-refractivity contribution is 0.414. The van der Waals surface area contributed by atoms with Gasteiger partial charge in [-0.25, -0.2) is 0 Å². The molecule has 0 aliphatic carbocycles. The smallest absolute Gasteiger partial charge is 0.118 e. The summed E-state index contributed by atoms with van der Waals surface area (Å²) in [7, 11) is 1.71. The summed E-state index contributed by atoms with van der Waals surface area (Å²) in [5.74, 6) is 4.11. The Bertz CT molecular complexity index is 351. The molecular formula is C17H29NOS. The van der Waals surface area contributed by atoms with Crippen molar-refractivity contribution in [2.24, 2.45) is 5.92 Å². The summed E-state index contributed by atoms with van der Waals surface area (Å²) in [4.78, 5) is 0. The molecule has 3 heteroatoms. The molecule has 0 heterocycles. The van der Waals surface area contributed by atoms with Gasteiger partial charge in [-0.1, -0.05) is 32.9 Å². The maximum absolute atomic E-state index is 5.23. The predicted octanol–water partition coefficient (Wildman–Crippen LogP) is 4.52. The molecule has 114 valence electrons. The van der Waals surface area contributed by atoms with Gasteiger partial charge in [0.25, 0.3) is 0 Å². The summed E-state index contributed by atoms with van der Waals surface area (Å²) in [6.45, 7) is 7.86. The second kappa shape index (κ2) is 10.1. The number of benzene rings is 1. The highest BCUT2D eigenvalue weighted by molar-refractivity contribution is 7.99. The zero-order valence-corrected chi connectivity index (χ0v) is 14.1. The van der Waals surface area contributed by atoms with E-state index in [1.807, 2.05) is 0 Å². The fourth-order valence-electron chi connectivity index (χ4n) is 1.95. The summed E-state index contributed by atoms with van der Waals surface area (Å²) in [5, 5.41) is 3.65. The van der Waals surface area contributed by atoms with Gasteiger partial charge in [0.2, 0.25) is 0 Å². The van der Waals surface area contributed by atoms with Crippen LogP contribution in [-0.2, 0) is 0 Å². The molecular weight excluding hydrogens is 266 g/mol. The highest BCUT2D eigenvalue weighted by atomic mass is 32.2. The number of hydrogen-bond donors (Lipinski definition) is 1. The zero-order chi connectivity index (χ0) is 14.8. The molecule has 0 saturated carbocycles. The van der Waals surface area contributed by atoms with Gasteiger partial charge in [0.05, 0.1) is 7.11 Å². The molecule has 0 saturated heterocycles. The zero-order valence-electron chi connectivity index (χ0n) is 13.3. The average Bonchev–Trinajstić information content (AvgIpc) is 2.46. The highest BCUT2D eigenvalue weighted by Gasteiger charge is 2.11. The van der Waals surface area contributed by atoms with Gasteiger partial charge in [0, 0.05) is 11.8 Å². The Hall–Kier alpha value is -0.670. The first-order valence-electron chi connectivity index (χ1n) is 7.62. The number of nitrogens with one attached hydrogen (secondary N) is 1. The van der Waals surface area contributed by atoms with Gasteiger partial charge in [0.1, 0.15) is 5.75 Å². The molecule has 0 spiro atoms. The Morgan fingerprint density at radius 3 is 2.45 bits per heavy atom. The molecule has 20 heavy (non-hydrogen) atoms. The van der Waals surface area contributed by atoms with Crippen LogP contribution in [0.3, 0.4) is 0 Å². The monoisotopic (exact) mass is 295 g/mol. The Balaban J connectivity index is 2.53. The van der Waals surface area contributed by atoms with E-state index in [2.05, 4.69) is 62.1 Å². The van der Waals surface area contributed by atoms with Crippen molar-refractivity contribution in [2.45, 2.75) is 39.7 Å². The standard InChI is InChI=1S/C17H29NOS/c1-5-11-18-17(13-20-12-10-14(2)3)15-6-8-16(19-4)9-7-15/h6-9,14,17-18H,5,10-13H2,1-4H3. The van der Waals surface area contributed by atoms with E-state index in [1.54, 1.807) is 7.11 Å². The highest BCUT2D eigenvalue weighted by Crippen LogP contribution is 2.22. The van der Waals surface area contributed by atoms with Gasteiger partial charge in [-0.3, -0.25) is 0 Å². The first-order valence-corrected chi connectivity index (χ1v) is 8.77. The van der Waals surface area contributed by atoms with Crippen LogP contribution in [0.1, 0.15) is 45.2 Å². The minimum atomic E-state index is 0.443. The van der Waals surface area contributed by atoms with Gasteiger partial charge < -0.3 is 10.1 Å². The largest absolute Gasteiger partial charge is 0.497 e. The number of rotatable bonds is 10. The normalized spacial score (nSPS) is 12.7. The Morgan fingerprint density at radius 1 is 1.20 bits per heavy atom. The fraction of sp³-hybridized carbons (Fsp3) is 0.647. The molecule has 1 N–H and O–H groups in total. The van der Waals surface area contributed by atoms with E-state index in [0.29, 0.717) is 6.04 Å². The first-order chi connectivity index (χ1) is 9.67. The quantitative estimate of drug-likeness (QED) is 0.641. The number of methoxy groups -OCH3 is 1. The van der Waals surface area contributed by atoms with Crippen LogP contribution in [0.5, 0.6) is 5.75 Å². The van der Waals surface area contributed by atoms with Crippen LogP contribution in [-0.4, -0.2) is 25.2 Å². The average molecular weight is 295 g/mol. The summed E-state index contributed by atoms with van der Waals surface area (Å²) in [6.07, 6.45) is 2.47. The topological polar surface area (TPSA) is 21.3 Å². The SMILES string of the molecule is CCCNC(CSCCC(C)C)c1ccc(OC)cc1. The summed E-state index contributed by atoms with van der Waals surface area (Å²) >= 11 is 2.05. The van der Waals surface area contributed by atoms with E-state index in [-0.39, 0.29) is 0 Å². The first kappa shape index (κ1) is 17.4. The number of ether oxygens (including phenoxy) is 1. The third-order valence-electron chi connectivity index (χ3n) is 3.28. The maximum Gasteiger partial charge on any atom is 0.118 e. The van der Waals surface area contributed by atoms with Crippen molar-refractivity contribution in [3.8, 4) is 5.75 Å². The van der Waals surface area contributed by atoms with E-state index in [1.165, 1.54) is 24.2 Å². The molecule has 2 nitrogen and oxygen atoms in total. The van der Waals surface area contributed by atoms with Crippen molar-refractivity contribution in [2.75, 3.05) is 25.2 Å². The molecule has 1 aromatic rings. The molecule has 0 radical (unpaired) electrons. The molecule has 1 unspecified atom stereocenters. The summed E-state index contributed by atoms with van der Waals surface area (Å²) in [6, 6.07) is 8.89. The van der Waals surface area contributed by atoms with Crippen molar-refractivity contribution in [1.82, 2.24) is 5.32 Å². The second-order valence-electron chi connectivity index (χ2n) is 5.54. The van der Waals surface area contributed by atoms with Crippen molar-refractivity contribution in [3.63, 3.8) is 0 Å². The molecule has 1 atom stereocenters. The van der Waals surface area contributed by atoms with Gasteiger partial charge in [-0.2, -0.15) is 11.8 Å². The van der Waals surface area contributed by atoms with Crippen LogP contribution in [0.4, 0.5) is 0 Å².